The van der Waals surface area contributed by atoms with Gasteiger partial charge >= 0.3 is 0 Å². The molecule has 20 heavy (non-hydrogen) atoms. The van der Waals surface area contributed by atoms with E-state index < -0.39 is 10.0 Å². The summed E-state index contributed by atoms with van der Waals surface area (Å²) in [7, 11) is 2.07. The molecule has 0 atom stereocenters. The van der Waals surface area contributed by atoms with Crippen LogP contribution in [-0.2, 0) is 10.0 Å². The molecule has 0 aliphatic carbocycles. The molecule has 1 aromatic carbocycles. The molecule has 0 amide bonds. The fourth-order valence-electron chi connectivity index (χ4n) is 1.66. The molecule has 0 aliphatic rings. The van der Waals surface area contributed by atoms with Crippen LogP contribution in [0.4, 0.5) is 5.69 Å². The number of likely N-dealkylation sites (N-methyl/N-ethyl adjacent to an activating group) is 2. The summed E-state index contributed by atoms with van der Waals surface area (Å²) in [5.74, 6) is 0. The highest BCUT2D eigenvalue weighted by atomic mass is 32.2. The van der Waals surface area contributed by atoms with E-state index in [1.807, 2.05) is 31.1 Å². The van der Waals surface area contributed by atoms with E-state index in [2.05, 4.69) is 12.2 Å². The van der Waals surface area contributed by atoms with Crippen LogP contribution in [0.2, 0.25) is 0 Å². The van der Waals surface area contributed by atoms with Crippen molar-refractivity contribution in [3.05, 3.63) is 24.3 Å². The molecule has 0 aromatic heterocycles. The van der Waals surface area contributed by atoms with E-state index in [-0.39, 0.29) is 0 Å². The average molecular weight is 299 g/mol. The zero-order chi connectivity index (χ0) is 15.2. The zero-order valence-electron chi connectivity index (χ0n) is 12.8. The molecule has 0 unspecified atom stereocenters. The third-order valence-corrected chi connectivity index (χ3v) is 4.87. The molecule has 0 saturated heterocycles. The Morgan fingerprint density at radius 2 is 1.65 bits per heavy atom. The molecule has 0 saturated carbocycles. The normalized spacial score (nSPS) is 12.1. The summed E-state index contributed by atoms with van der Waals surface area (Å²) >= 11 is 0. The van der Waals surface area contributed by atoms with Gasteiger partial charge in [-0.15, -0.1) is 0 Å². The second-order valence-electron chi connectivity index (χ2n) is 5.08. The van der Waals surface area contributed by atoms with Gasteiger partial charge in [0.15, 0.2) is 0 Å². The number of nitrogens with one attached hydrogen (secondary N) is 1. The SMILES string of the molecule is CCCNc1ccc(S(=O)(=O)N(C)CCN(C)C)cc1. The number of hydrogen-bond donors (Lipinski definition) is 1. The van der Waals surface area contributed by atoms with Gasteiger partial charge in [-0.25, -0.2) is 8.42 Å². The molecule has 1 aromatic rings. The van der Waals surface area contributed by atoms with Crippen molar-refractivity contribution in [2.24, 2.45) is 0 Å². The molecule has 6 heteroatoms. The molecule has 5 nitrogen and oxygen atoms in total. The molecule has 0 radical (unpaired) electrons. The molecule has 1 rings (SSSR count). The van der Waals surface area contributed by atoms with Gasteiger partial charge in [-0.3, -0.25) is 0 Å². The van der Waals surface area contributed by atoms with Crippen molar-refractivity contribution in [2.45, 2.75) is 18.2 Å². The molecule has 0 heterocycles. The van der Waals surface area contributed by atoms with Gasteiger partial charge in [-0.2, -0.15) is 4.31 Å². The van der Waals surface area contributed by atoms with E-state index in [9.17, 15) is 8.42 Å². The van der Waals surface area contributed by atoms with Crippen molar-refractivity contribution in [1.29, 1.82) is 0 Å². The average Bonchev–Trinajstić information content (AvgIpc) is 2.42. The Morgan fingerprint density at radius 1 is 1.05 bits per heavy atom. The number of rotatable bonds is 8. The second kappa shape index (κ2) is 7.61. The quantitative estimate of drug-likeness (QED) is 0.794. The van der Waals surface area contributed by atoms with Gasteiger partial charge in [-0.05, 0) is 44.8 Å². The van der Waals surface area contributed by atoms with Crippen molar-refractivity contribution in [3.8, 4) is 0 Å². The summed E-state index contributed by atoms with van der Waals surface area (Å²) in [5, 5.41) is 3.23. The Morgan fingerprint density at radius 3 is 2.15 bits per heavy atom. The van der Waals surface area contributed by atoms with Crippen LogP contribution in [0.15, 0.2) is 29.2 Å². The largest absolute Gasteiger partial charge is 0.385 e. The topological polar surface area (TPSA) is 52.7 Å². The van der Waals surface area contributed by atoms with E-state index in [1.54, 1.807) is 19.2 Å². The van der Waals surface area contributed by atoms with Gasteiger partial charge in [0.1, 0.15) is 0 Å². The number of nitrogens with zero attached hydrogens (tertiary/aromatic N) is 2. The van der Waals surface area contributed by atoms with E-state index in [0.29, 0.717) is 18.0 Å². The summed E-state index contributed by atoms with van der Waals surface area (Å²) in [6.45, 7) is 4.15. The van der Waals surface area contributed by atoms with Crippen LogP contribution in [0.3, 0.4) is 0 Å². The van der Waals surface area contributed by atoms with Crippen molar-refractivity contribution < 1.29 is 8.42 Å². The zero-order valence-corrected chi connectivity index (χ0v) is 13.6. The van der Waals surface area contributed by atoms with Crippen molar-refractivity contribution in [1.82, 2.24) is 9.21 Å². The molecule has 0 bridgehead atoms. The summed E-state index contributed by atoms with van der Waals surface area (Å²) in [5.41, 5.74) is 0.946. The highest BCUT2D eigenvalue weighted by molar-refractivity contribution is 7.89. The lowest BCUT2D eigenvalue weighted by Gasteiger charge is -2.19. The number of benzene rings is 1. The van der Waals surface area contributed by atoms with E-state index in [1.165, 1.54) is 4.31 Å². The van der Waals surface area contributed by atoms with Gasteiger partial charge in [0.05, 0.1) is 4.90 Å². The molecule has 0 spiro atoms. The molecule has 0 aliphatic heterocycles. The molecular formula is C14H25N3O2S. The van der Waals surface area contributed by atoms with Crippen molar-refractivity contribution >= 4 is 15.7 Å². The Bertz CT molecular complexity index is 498. The Kier molecular flexibility index (Phi) is 6.45. The van der Waals surface area contributed by atoms with Gasteiger partial charge in [0.2, 0.25) is 10.0 Å². The first-order valence-electron chi connectivity index (χ1n) is 6.83. The Hall–Kier alpha value is -1.11. The van der Waals surface area contributed by atoms with Gasteiger partial charge < -0.3 is 10.2 Å². The summed E-state index contributed by atoms with van der Waals surface area (Å²) < 4.78 is 26.1. The van der Waals surface area contributed by atoms with Crippen LogP contribution in [0.5, 0.6) is 0 Å². The number of sulfonamides is 1. The molecule has 1 N–H and O–H groups in total. The van der Waals surface area contributed by atoms with Crippen LogP contribution < -0.4 is 5.32 Å². The van der Waals surface area contributed by atoms with E-state index in [4.69, 9.17) is 0 Å². The van der Waals surface area contributed by atoms with Crippen LogP contribution in [0.1, 0.15) is 13.3 Å². The lowest BCUT2D eigenvalue weighted by molar-refractivity contribution is 0.358. The fourth-order valence-corrected chi connectivity index (χ4v) is 2.82. The van der Waals surface area contributed by atoms with Gasteiger partial charge in [0.25, 0.3) is 0 Å². The standard InChI is InChI=1S/C14H25N3O2S/c1-5-10-15-13-6-8-14(9-7-13)20(18,19)17(4)12-11-16(2)3/h6-9,15H,5,10-12H2,1-4H3. The molecule has 114 valence electrons. The summed E-state index contributed by atoms with van der Waals surface area (Å²) in [4.78, 5) is 2.30. The highest BCUT2D eigenvalue weighted by Crippen LogP contribution is 2.17. The predicted octanol–water partition coefficient (Wildman–Crippen LogP) is 1.69. The summed E-state index contributed by atoms with van der Waals surface area (Å²) in [6.07, 6.45) is 1.04. The minimum Gasteiger partial charge on any atom is -0.385 e. The first-order chi connectivity index (χ1) is 9.37. The summed E-state index contributed by atoms with van der Waals surface area (Å²) in [6, 6.07) is 6.92. The lowest BCUT2D eigenvalue weighted by atomic mass is 10.3. The van der Waals surface area contributed by atoms with Crippen LogP contribution in [0.25, 0.3) is 0 Å². The first kappa shape index (κ1) is 16.9. The molecular weight excluding hydrogens is 274 g/mol. The number of anilines is 1. The lowest BCUT2D eigenvalue weighted by Crippen LogP contribution is -2.33. The van der Waals surface area contributed by atoms with Gasteiger partial charge in [-0.1, -0.05) is 6.92 Å². The first-order valence-corrected chi connectivity index (χ1v) is 8.27. The fraction of sp³-hybridized carbons (Fsp3) is 0.571. The van der Waals surface area contributed by atoms with Crippen LogP contribution >= 0.6 is 0 Å². The van der Waals surface area contributed by atoms with Crippen molar-refractivity contribution in [3.63, 3.8) is 0 Å². The van der Waals surface area contributed by atoms with E-state index >= 15 is 0 Å². The van der Waals surface area contributed by atoms with Crippen molar-refractivity contribution in [2.75, 3.05) is 46.1 Å². The maximum absolute atomic E-state index is 12.4. The smallest absolute Gasteiger partial charge is 0.242 e. The predicted molar refractivity (Wildman–Crippen MR) is 83.6 cm³/mol. The molecule has 0 fully saturated rings. The minimum atomic E-state index is -3.39. The third-order valence-electron chi connectivity index (χ3n) is 3.00. The maximum atomic E-state index is 12.4. The second-order valence-corrected chi connectivity index (χ2v) is 7.13. The minimum absolute atomic E-state index is 0.334. The van der Waals surface area contributed by atoms with Crippen LogP contribution in [-0.4, -0.2) is 58.4 Å². The number of hydrogen-bond acceptors (Lipinski definition) is 4. The maximum Gasteiger partial charge on any atom is 0.242 e. The highest BCUT2D eigenvalue weighted by Gasteiger charge is 2.20. The monoisotopic (exact) mass is 299 g/mol. The van der Waals surface area contributed by atoms with Gasteiger partial charge in [0, 0.05) is 32.4 Å². The Balaban J connectivity index is 2.76. The van der Waals surface area contributed by atoms with Crippen LogP contribution in [0, 0.1) is 0 Å². The van der Waals surface area contributed by atoms with E-state index in [0.717, 1.165) is 18.7 Å². The third kappa shape index (κ3) is 4.77. The Labute approximate surface area is 122 Å².